The molecule has 0 aliphatic heterocycles. The molecule has 0 aliphatic rings. The summed E-state index contributed by atoms with van der Waals surface area (Å²) in [5.74, 6) is 0.882. The monoisotopic (exact) mass is 265 g/mol. The second kappa shape index (κ2) is 4.11. The van der Waals surface area contributed by atoms with E-state index in [1.807, 2.05) is 25.2 Å². The zero-order chi connectivity index (χ0) is 10.8. The van der Waals surface area contributed by atoms with Crippen molar-refractivity contribution in [3.63, 3.8) is 0 Å². The van der Waals surface area contributed by atoms with E-state index in [4.69, 9.17) is 4.74 Å². The lowest BCUT2D eigenvalue weighted by atomic mass is 10.1. The number of hydrogen-bond acceptors (Lipinski definition) is 1. The highest BCUT2D eigenvalue weighted by atomic mass is 79.9. The number of benzene rings is 1. The Morgan fingerprint density at radius 2 is 1.73 bits per heavy atom. The molecule has 1 heterocycles. The third-order valence-corrected chi connectivity index (χ3v) is 3.24. The first-order valence-electron chi connectivity index (χ1n) is 4.68. The van der Waals surface area contributed by atoms with E-state index in [0.29, 0.717) is 0 Å². The molecule has 2 rings (SSSR count). The van der Waals surface area contributed by atoms with Gasteiger partial charge in [0.1, 0.15) is 5.75 Å². The van der Waals surface area contributed by atoms with Crippen LogP contribution in [0, 0.1) is 0 Å². The van der Waals surface area contributed by atoms with Crippen molar-refractivity contribution < 1.29 is 4.74 Å². The van der Waals surface area contributed by atoms with Crippen molar-refractivity contribution in [3.8, 4) is 17.0 Å². The summed E-state index contributed by atoms with van der Waals surface area (Å²) in [4.78, 5) is 0. The van der Waals surface area contributed by atoms with Gasteiger partial charge in [-0.05, 0) is 57.9 Å². The van der Waals surface area contributed by atoms with Gasteiger partial charge in [-0.15, -0.1) is 0 Å². The fourth-order valence-electron chi connectivity index (χ4n) is 1.54. The summed E-state index contributed by atoms with van der Waals surface area (Å²) in [5.41, 5.74) is 2.37. The molecule has 0 aliphatic carbocycles. The molecule has 0 bridgehead atoms. The van der Waals surface area contributed by atoms with Gasteiger partial charge in [0.25, 0.3) is 0 Å². The largest absolute Gasteiger partial charge is 0.497 e. The van der Waals surface area contributed by atoms with Gasteiger partial charge in [0.15, 0.2) is 0 Å². The third-order valence-electron chi connectivity index (χ3n) is 2.45. The van der Waals surface area contributed by atoms with Crippen LogP contribution in [-0.4, -0.2) is 11.7 Å². The summed E-state index contributed by atoms with van der Waals surface area (Å²) in [6.07, 6.45) is 0. The molecule has 0 atom stereocenters. The number of halogens is 1. The topological polar surface area (TPSA) is 14.2 Å². The highest BCUT2D eigenvalue weighted by molar-refractivity contribution is 9.10. The molecule has 1 aromatic heterocycles. The van der Waals surface area contributed by atoms with Gasteiger partial charge in [0.2, 0.25) is 0 Å². The molecule has 0 N–H and O–H groups in total. The van der Waals surface area contributed by atoms with E-state index >= 15 is 0 Å². The molecule has 3 heteroatoms. The van der Waals surface area contributed by atoms with Crippen molar-refractivity contribution >= 4 is 15.9 Å². The van der Waals surface area contributed by atoms with Gasteiger partial charge in [-0.25, -0.2) is 0 Å². The molecule has 0 amide bonds. The first-order chi connectivity index (χ1) is 7.22. The van der Waals surface area contributed by atoms with Gasteiger partial charge in [0.05, 0.1) is 11.7 Å². The highest BCUT2D eigenvalue weighted by Crippen LogP contribution is 2.25. The van der Waals surface area contributed by atoms with Gasteiger partial charge < -0.3 is 9.30 Å². The normalized spacial score (nSPS) is 10.3. The molecule has 0 radical (unpaired) electrons. The van der Waals surface area contributed by atoms with E-state index in [-0.39, 0.29) is 0 Å². The van der Waals surface area contributed by atoms with E-state index in [0.717, 1.165) is 10.4 Å². The predicted molar refractivity (Wildman–Crippen MR) is 65.1 cm³/mol. The summed E-state index contributed by atoms with van der Waals surface area (Å²) in [5, 5.41) is 0. The maximum absolute atomic E-state index is 5.12. The van der Waals surface area contributed by atoms with Gasteiger partial charge in [-0.3, -0.25) is 0 Å². The van der Waals surface area contributed by atoms with Gasteiger partial charge in [-0.2, -0.15) is 0 Å². The van der Waals surface area contributed by atoms with Crippen LogP contribution in [0.1, 0.15) is 0 Å². The highest BCUT2D eigenvalue weighted by Gasteiger charge is 2.04. The minimum atomic E-state index is 0.882. The van der Waals surface area contributed by atoms with E-state index in [1.54, 1.807) is 7.11 Å². The molecule has 78 valence electrons. The molecular weight excluding hydrogens is 254 g/mol. The first-order valence-corrected chi connectivity index (χ1v) is 5.47. The van der Waals surface area contributed by atoms with Crippen molar-refractivity contribution in [1.29, 1.82) is 0 Å². The Bertz CT molecular complexity index is 459. The lowest BCUT2D eigenvalue weighted by Gasteiger charge is -2.05. The lowest BCUT2D eigenvalue weighted by Crippen LogP contribution is -1.91. The minimum Gasteiger partial charge on any atom is -0.497 e. The number of rotatable bonds is 2. The number of nitrogens with zero attached hydrogens (tertiary/aromatic N) is 1. The molecule has 1 aromatic carbocycles. The zero-order valence-corrected chi connectivity index (χ0v) is 10.3. The molecular formula is C12H12BrNO. The van der Waals surface area contributed by atoms with Crippen molar-refractivity contribution in [2.75, 3.05) is 7.11 Å². The van der Waals surface area contributed by atoms with Crippen LogP contribution in [0.5, 0.6) is 5.75 Å². The molecule has 15 heavy (non-hydrogen) atoms. The molecule has 0 unspecified atom stereocenters. The zero-order valence-electron chi connectivity index (χ0n) is 8.70. The minimum absolute atomic E-state index is 0.882. The summed E-state index contributed by atoms with van der Waals surface area (Å²) >= 11 is 3.48. The molecule has 2 aromatic rings. The van der Waals surface area contributed by atoms with Gasteiger partial charge in [0, 0.05) is 12.7 Å². The van der Waals surface area contributed by atoms with Crippen LogP contribution >= 0.6 is 15.9 Å². The second-order valence-corrected chi connectivity index (χ2v) is 4.14. The number of methoxy groups -OCH3 is 1. The summed E-state index contributed by atoms with van der Waals surface area (Å²) in [6, 6.07) is 12.2. The average molecular weight is 266 g/mol. The number of ether oxygens (including phenoxy) is 1. The smallest absolute Gasteiger partial charge is 0.118 e. The Morgan fingerprint density at radius 1 is 1.07 bits per heavy atom. The average Bonchev–Trinajstić information content (AvgIpc) is 2.60. The van der Waals surface area contributed by atoms with Crippen molar-refractivity contribution in [3.05, 3.63) is 41.0 Å². The van der Waals surface area contributed by atoms with Gasteiger partial charge >= 0.3 is 0 Å². The van der Waals surface area contributed by atoms with Crippen molar-refractivity contribution in [1.82, 2.24) is 4.57 Å². The Balaban J connectivity index is 2.41. The quantitative estimate of drug-likeness (QED) is 0.811. The van der Waals surface area contributed by atoms with Crippen LogP contribution in [0.25, 0.3) is 11.3 Å². The fourth-order valence-corrected chi connectivity index (χ4v) is 1.86. The van der Waals surface area contributed by atoms with Crippen LogP contribution in [-0.2, 0) is 7.05 Å². The van der Waals surface area contributed by atoms with Crippen LogP contribution in [0.15, 0.2) is 41.0 Å². The van der Waals surface area contributed by atoms with Crippen molar-refractivity contribution in [2.24, 2.45) is 7.05 Å². The summed E-state index contributed by atoms with van der Waals surface area (Å²) < 4.78 is 8.30. The molecule has 0 saturated heterocycles. The lowest BCUT2D eigenvalue weighted by molar-refractivity contribution is 0.415. The van der Waals surface area contributed by atoms with Crippen molar-refractivity contribution in [2.45, 2.75) is 0 Å². The van der Waals surface area contributed by atoms with Gasteiger partial charge in [-0.1, -0.05) is 0 Å². The van der Waals surface area contributed by atoms with Crippen LogP contribution in [0.4, 0.5) is 0 Å². The first kappa shape index (κ1) is 10.3. The summed E-state index contributed by atoms with van der Waals surface area (Å²) in [6.45, 7) is 0. The maximum atomic E-state index is 5.12. The van der Waals surface area contributed by atoms with Crippen LogP contribution < -0.4 is 4.74 Å². The molecule has 2 nitrogen and oxygen atoms in total. The van der Waals surface area contributed by atoms with E-state index in [2.05, 4.69) is 38.7 Å². The standard InChI is InChI=1S/C12H12BrNO/c1-14-11(7-8-12(14)13)9-3-5-10(15-2)6-4-9/h3-8H,1-2H3. The maximum Gasteiger partial charge on any atom is 0.118 e. The van der Waals surface area contributed by atoms with E-state index in [9.17, 15) is 0 Å². The SMILES string of the molecule is COc1ccc(-c2ccc(Br)n2C)cc1. The number of hydrogen-bond donors (Lipinski definition) is 0. The molecule has 0 spiro atoms. The Morgan fingerprint density at radius 3 is 2.20 bits per heavy atom. The van der Waals surface area contributed by atoms with E-state index in [1.165, 1.54) is 11.3 Å². The number of aromatic nitrogens is 1. The second-order valence-electron chi connectivity index (χ2n) is 3.33. The fraction of sp³-hybridized carbons (Fsp3) is 0.167. The third kappa shape index (κ3) is 1.92. The van der Waals surface area contributed by atoms with E-state index < -0.39 is 0 Å². The Labute approximate surface area is 97.6 Å². The Kier molecular flexibility index (Phi) is 2.82. The predicted octanol–water partition coefficient (Wildman–Crippen LogP) is 3.46. The summed E-state index contributed by atoms with van der Waals surface area (Å²) in [7, 11) is 3.71. The molecule has 0 saturated carbocycles. The molecule has 0 fully saturated rings. The van der Waals surface area contributed by atoms with Crippen LogP contribution in [0.2, 0.25) is 0 Å². The Hall–Kier alpha value is -1.22. The van der Waals surface area contributed by atoms with Crippen LogP contribution in [0.3, 0.4) is 0 Å².